The van der Waals surface area contributed by atoms with E-state index in [0.29, 0.717) is 85.1 Å². The number of benzene rings is 2. The largest absolute Gasteiger partial charge is 0.748 e. The predicted octanol–water partition coefficient (Wildman–Crippen LogP) is 2.34. The van der Waals surface area contributed by atoms with E-state index in [1.807, 2.05) is 49.6 Å². The number of amides is 2. The number of hydroxylamine groups is 2. The number of imide groups is 1. The topological polar surface area (TPSA) is 305 Å². The molecule has 1 atom stereocenters. The number of quaternary nitrogens is 1. The molecule has 1 aliphatic carbocycles. The molecule has 3 aliphatic heterocycles. The molecular weight excluding hydrogens is 1020 g/mol. The third-order valence-electron chi connectivity index (χ3n) is 12.2. The molecule has 0 spiro atoms. The van der Waals surface area contributed by atoms with Gasteiger partial charge in [0, 0.05) is 73.5 Å². The van der Waals surface area contributed by atoms with Gasteiger partial charge in [-0.2, -0.15) is 14.3 Å². The molecule has 22 nitrogen and oxygen atoms in total. The molecule has 1 aromatic rings. The summed E-state index contributed by atoms with van der Waals surface area (Å²) in [5.41, 5.74) is 1.63. The zero-order chi connectivity index (χ0) is 53.6. The maximum absolute atomic E-state index is 12.9. The van der Waals surface area contributed by atoms with Crippen molar-refractivity contribution in [1.82, 2.24) is 9.64 Å². The Morgan fingerprint density at radius 3 is 2.12 bits per heavy atom. The lowest BCUT2D eigenvalue weighted by molar-refractivity contribution is -0.634. The van der Waals surface area contributed by atoms with Gasteiger partial charge in [0.25, 0.3) is 11.8 Å². The van der Waals surface area contributed by atoms with E-state index >= 15 is 0 Å². The number of hydrogen-bond donors (Lipinski definition) is 1. The molecule has 73 heavy (non-hydrogen) atoms. The summed E-state index contributed by atoms with van der Waals surface area (Å²) in [4.78, 5) is 43.6. The lowest BCUT2D eigenvalue weighted by Gasteiger charge is -2.30. The molecule has 1 unspecified atom stereocenters. The molecule has 1 saturated heterocycles. The van der Waals surface area contributed by atoms with Crippen molar-refractivity contribution in [3.05, 3.63) is 82.6 Å². The summed E-state index contributed by atoms with van der Waals surface area (Å²) in [7, 11) is -11.8. The van der Waals surface area contributed by atoms with Crippen LogP contribution in [-0.2, 0) is 83.6 Å². The van der Waals surface area contributed by atoms with Gasteiger partial charge in [0.2, 0.25) is 5.36 Å². The molecule has 3 heterocycles. The second-order valence-corrected chi connectivity index (χ2v) is 23.2. The number of carbonyl (C=O) groups excluding carboxylic acids is 3. The number of rotatable bonds is 29. The van der Waals surface area contributed by atoms with E-state index in [0.717, 1.165) is 11.1 Å². The lowest BCUT2D eigenvalue weighted by atomic mass is 9.77. The van der Waals surface area contributed by atoms with Crippen LogP contribution >= 0.6 is 0 Å². The van der Waals surface area contributed by atoms with Gasteiger partial charge < -0.3 is 42.2 Å². The Hall–Kier alpha value is -4.93. The standard InChI is InChI=1S/C48H66N4O18S3/c1-47(2,3)39-33-36(68-42-32-35(13-15-38(39)42)50(20-8-30-71(56,57)58)22-23-65-26-27-67-29-28-66-25-24-64-5)10-6-11-43-48(4,19-7-12-46(55)69-52-44(53)17-18-45(52)54)40-34-37(73(61,62)63)14-16-41(40)51(43)21-9-31-72(59,60)70-49/h6,10-11,13-16,32-34H,7-9,12,17-31H2,1-5,49H3. The van der Waals surface area contributed by atoms with Gasteiger partial charge in [-0.15, -0.1) is 5.06 Å². The van der Waals surface area contributed by atoms with Gasteiger partial charge in [0.1, 0.15) is 34.8 Å². The molecule has 1 fully saturated rings. The van der Waals surface area contributed by atoms with Crippen LogP contribution in [0.2, 0.25) is 0 Å². The highest BCUT2D eigenvalue weighted by atomic mass is 32.2. The second kappa shape index (κ2) is 26.0. The summed E-state index contributed by atoms with van der Waals surface area (Å²) in [6.45, 7) is 11.2. The first kappa shape index (κ1) is 59.0. The van der Waals surface area contributed by atoms with Crippen molar-refractivity contribution in [2.45, 2.75) is 88.4 Å². The van der Waals surface area contributed by atoms with Crippen LogP contribution in [0.4, 0.5) is 5.69 Å². The van der Waals surface area contributed by atoms with Gasteiger partial charge in [-0.05, 0) is 85.2 Å². The normalized spacial score (nSPS) is 17.7. The summed E-state index contributed by atoms with van der Waals surface area (Å²) in [5, 5.41) is 1.13. The summed E-state index contributed by atoms with van der Waals surface area (Å²) < 4.78 is 131. The Labute approximate surface area is 426 Å². The van der Waals surface area contributed by atoms with Crippen molar-refractivity contribution >= 4 is 59.9 Å². The fourth-order valence-corrected chi connectivity index (χ4v) is 10.1. The number of anilines is 1. The van der Waals surface area contributed by atoms with Crippen LogP contribution in [0.1, 0.15) is 89.5 Å². The molecule has 1 aromatic carbocycles. The molecule has 404 valence electrons. The van der Waals surface area contributed by atoms with Gasteiger partial charge in [0.15, 0.2) is 6.54 Å². The number of carbonyl (C=O) groups is 3. The fourth-order valence-electron chi connectivity index (χ4n) is 8.53. The van der Waals surface area contributed by atoms with Crippen molar-refractivity contribution in [3.63, 3.8) is 0 Å². The second-order valence-electron chi connectivity index (χ2n) is 18.6. The van der Waals surface area contributed by atoms with Crippen molar-refractivity contribution in [2.24, 2.45) is 0 Å². The highest BCUT2D eigenvalue weighted by Crippen LogP contribution is 2.51. The average Bonchev–Trinajstić information content (AvgIpc) is 3.75. The molecule has 0 bridgehead atoms. The maximum atomic E-state index is 12.9. The number of ether oxygens (including phenoxy) is 4. The van der Waals surface area contributed by atoms with Gasteiger partial charge in [0.05, 0.1) is 66.5 Å². The predicted molar refractivity (Wildman–Crippen MR) is 262 cm³/mol. The third-order valence-corrected chi connectivity index (χ3v) is 14.9. The minimum atomic E-state index is -4.94. The van der Waals surface area contributed by atoms with Gasteiger partial charge in [-0.3, -0.25) is 9.59 Å². The Morgan fingerprint density at radius 2 is 1.51 bits per heavy atom. The van der Waals surface area contributed by atoms with E-state index < -0.39 is 75.4 Å². The highest BCUT2D eigenvalue weighted by molar-refractivity contribution is 7.86. The average molecular weight is 1080 g/mol. The Balaban J connectivity index is 1.52. The zero-order valence-corrected chi connectivity index (χ0v) is 44.3. The first-order valence-corrected chi connectivity index (χ1v) is 28.2. The number of hydrogen-bond acceptors (Lipinski definition) is 19. The molecule has 3 N–H and O–H groups in total. The van der Waals surface area contributed by atoms with Gasteiger partial charge in [-0.1, -0.05) is 31.1 Å². The quantitative estimate of drug-likeness (QED) is 0.0343. The van der Waals surface area contributed by atoms with Crippen molar-refractivity contribution in [2.75, 3.05) is 89.4 Å². The SMILES string of the molecule is COCCOCCOCCOCC[N+](CCCS(=O)(=O)[O-])=c1ccc2c(C(C)(C)C)cc(C=CC=C3N(CCCS(=O)(=O)O[NH3+])c4ccc(S(=O)(=O)[O-])cc4C3(C)CCCC(=O)ON3C(=O)CCC3=O)oc-2c1. The van der Waals surface area contributed by atoms with Crippen LogP contribution in [0.3, 0.4) is 0 Å². The van der Waals surface area contributed by atoms with Gasteiger partial charge in [-0.25, -0.2) is 26.2 Å². The van der Waals surface area contributed by atoms with Crippen LogP contribution in [0.25, 0.3) is 17.4 Å². The van der Waals surface area contributed by atoms with Crippen LogP contribution in [0.15, 0.2) is 69.6 Å². The number of allylic oxidation sites excluding steroid dienone is 3. The molecule has 0 aromatic heterocycles. The molecule has 25 heteroatoms. The van der Waals surface area contributed by atoms with Crippen LogP contribution < -0.4 is 20.7 Å². The first-order valence-electron chi connectivity index (χ1n) is 23.7. The summed E-state index contributed by atoms with van der Waals surface area (Å²) in [6.07, 6.45) is 5.10. The molecule has 4 aliphatic rings. The summed E-state index contributed by atoms with van der Waals surface area (Å²) >= 11 is 0. The van der Waals surface area contributed by atoms with Crippen LogP contribution in [0.5, 0.6) is 0 Å². The maximum Gasteiger partial charge on any atom is 0.333 e. The summed E-state index contributed by atoms with van der Waals surface area (Å²) in [6, 6.07) is 11.4. The minimum absolute atomic E-state index is 0.0354. The Bertz CT molecular complexity index is 2860. The monoisotopic (exact) mass is 1080 g/mol. The zero-order valence-electron chi connectivity index (χ0n) is 41.8. The van der Waals surface area contributed by atoms with E-state index in [-0.39, 0.29) is 64.6 Å². The third kappa shape index (κ3) is 17.0. The van der Waals surface area contributed by atoms with Crippen molar-refractivity contribution in [1.29, 1.82) is 0 Å². The minimum Gasteiger partial charge on any atom is -0.748 e. The fraction of sp³-hybridized carbons (Fsp3) is 0.542. The van der Waals surface area contributed by atoms with E-state index in [4.69, 9.17) is 28.2 Å². The molecule has 0 saturated carbocycles. The van der Waals surface area contributed by atoms with Crippen molar-refractivity contribution < 1.29 is 87.1 Å². The number of nitrogens with zero attached hydrogens (tertiary/aromatic N) is 3. The van der Waals surface area contributed by atoms with Crippen LogP contribution in [0, 0.1) is 0 Å². The highest BCUT2D eigenvalue weighted by Gasteiger charge is 2.44. The Kier molecular flexibility index (Phi) is 21.0. The van der Waals surface area contributed by atoms with Crippen molar-refractivity contribution in [3.8, 4) is 11.3 Å². The molecule has 5 rings (SSSR count). The lowest BCUT2D eigenvalue weighted by Crippen LogP contribution is -2.51. The van der Waals surface area contributed by atoms with E-state index in [1.165, 1.54) is 18.2 Å². The number of methoxy groups -OCH3 is 1. The first-order chi connectivity index (χ1) is 34.4. The van der Waals surface area contributed by atoms with E-state index in [9.17, 15) is 48.7 Å². The van der Waals surface area contributed by atoms with Gasteiger partial charge >= 0.3 is 16.1 Å². The molecule has 2 amide bonds. The van der Waals surface area contributed by atoms with E-state index in [1.54, 1.807) is 37.2 Å². The Morgan fingerprint density at radius 1 is 0.849 bits per heavy atom. The van der Waals surface area contributed by atoms with E-state index in [2.05, 4.69) is 10.2 Å². The van der Waals surface area contributed by atoms with Crippen LogP contribution in [-0.4, -0.2) is 142 Å². The molecule has 0 radical (unpaired) electrons. The summed E-state index contributed by atoms with van der Waals surface area (Å²) in [5.74, 6) is 0.850. The number of fused-ring (bicyclic) bond motifs is 2. The molecular formula is C48H66N4O18S3. The smallest absolute Gasteiger partial charge is 0.333 e.